The van der Waals surface area contributed by atoms with Gasteiger partial charge in [-0.2, -0.15) is 0 Å². The van der Waals surface area contributed by atoms with Crippen molar-refractivity contribution >= 4 is 48.0 Å². The van der Waals surface area contributed by atoms with Gasteiger partial charge in [-0.15, -0.1) is 24.8 Å². The predicted molar refractivity (Wildman–Crippen MR) is 119 cm³/mol. The van der Waals surface area contributed by atoms with Gasteiger partial charge in [-0.1, -0.05) is 47.5 Å². The van der Waals surface area contributed by atoms with Crippen molar-refractivity contribution in [3.8, 4) is 5.75 Å². The molecule has 0 radical (unpaired) electrons. The van der Waals surface area contributed by atoms with Gasteiger partial charge in [0.1, 0.15) is 18.5 Å². The number of hydrogen-bond donors (Lipinski definition) is 1. The summed E-state index contributed by atoms with van der Waals surface area (Å²) in [7, 11) is 0. The number of nitrogens with one attached hydrogen (secondary N) is 1. The molecule has 1 N–H and O–H groups in total. The largest absolute Gasteiger partial charge is 0.490 e. The Hall–Kier alpha value is -0.720. The quantitative estimate of drug-likeness (QED) is 0.705. The standard InChI is InChI=1S/C20H22Cl2N2O2.2ClH/c21-16-6-5-14(11-17(16)22)12-25-19-13-26-18-4-2-1-3-15(18)20(19)24-9-7-23-8-10-24;;/h1-6,11,19-20,23H,7-10,12-13H2;2*1H/t19-,20-;;/m0../s1. The third-order valence-electron chi connectivity index (χ3n) is 4.99. The van der Waals surface area contributed by atoms with Crippen LogP contribution >= 0.6 is 48.0 Å². The van der Waals surface area contributed by atoms with Crippen molar-refractivity contribution in [1.29, 1.82) is 0 Å². The number of piperazine rings is 1. The van der Waals surface area contributed by atoms with Crippen molar-refractivity contribution in [3.63, 3.8) is 0 Å². The summed E-state index contributed by atoms with van der Waals surface area (Å²) in [6.07, 6.45) is -0.0301. The molecule has 2 atom stereocenters. The van der Waals surface area contributed by atoms with E-state index >= 15 is 0 Å². The van der Waals surface area contributed by atoms with Crippen molar-refractivity contribution < 1.29 is 9.47 Å². The fourth-order valence-corrected chi connectivity index (χ4v) is 4.00. The summed E-state index contributed by atoms with van der Waals surface area (Å²) in [5.74, 6) is 0.963. The van der Waals surface area contributed by atoms with E-state index in [1.165, 1.54) is 5.56 Å². The average molecular weight is 466 g/mol. The SMILES string of the molecule is Cl.Cl.Clc1ccc(CO[C@H]2COc3ccccc3[C@@H]2N2CCNCC2)cc1Cl. The second-order valence-corrected chi connectivity index (χ2v) is 7.49. The fraction of sp³-hybridized carbons (Fsp3) is 0.400. The number of rotatable bonds is 4. The molecule has 0 spiro atoms. The van der Waals surface area contributed by atoms with E-state index in [-0.39, 0.29) is 37.0 Å². The Morgan fingerprint density at radius 3 is 2.54 bits per heavy atom. The highest BCUT2D eigenvalue weighted by Crippen LogP contribution is 2.38. The van der Waals surface area contributed by atoms with E-state index in [0.29, 0.717) is 23.3 Å². The Morgan fingerprint density at radius 1 is 1.04 bits per heavy atom. The summed E-state index contributed by atoms with van der Waals surface area (Å²) in [5.41, 5.74) is 2.22. The molecule has 4 nitrogen and oxygen atoms in total. The molecule has 8 heteroatoms. The molecule has 2 aliphatic rings. The molecular formula is C20H24Cl4N2O2. The average Bonchev–Trinajstić information content (AvgIpc) is 2.69. The molecule has 0 bridgehead atoms. The van der Waals surface area contributed by atoms with Crippen LogP contribution in [-0.4, -0.2) is 43.8 Å². The first-order valence-electron chi connectivity index (χ1n) is 8.94. The molecular weight excluding hydrogens is 442 g/mol. The van der Waals surface area contributed by atoms with Gasteiger partial charge >= 0.3 is 0 Å². The smallest absolute Gasteiger partial charge is 0.124 e. The van der Waals surface area contributed by atoms with Gasteiger partial charge in [0.25, 0.3) is 0 Å². The Morgan fingerprint density at radius 2 is 1.79 bits per heavy atom. The maximum Gasteiger partial charge on any atom is 0.124 e. The number of benzene rings is 2. The lowest BCUT2D eigenvalue weighted by Crippen LogP contribution is -2.51. The molecule has 2 aliphatic heterocycles. The maximum atomic E-state index is 6.30. The minimum atomic E-state index is -0.0301. The first-order chi connectivity index (χ1) is 12.7. The molecule has 4 rings (SSSR count). The normalized spacial score (nSPS) is 21.6. The zero-order chi connectivity index (χ0) is 17.9. The van der Waals surface area contributed by atoms with Crippen LogP contribution in [-0.2, 0) is 11.3 Å². The summed E-state index contributed by atoms with van der Waals surface area (Å²) >= 11 is 12.1. The molecule has 0 aromatic heterocycles. The first kappa shape index (κ1) is 23.6. The van der Waals surface area contributed by atoms with E-state index in [2.05, 4.69) is 22.3 Å². The summed E-state index contributed by atoms with van der Waals surface area (Å²) in [6.45, 7) is 5.04. The minimum absolute atomic E-state index is 0. The molecule has 1 fully saturated rings. The highest BCUT2D eigenvalue weighted by atomic mass is 35.5. The monoisotopic (exact) mass is 464 g/mol. The van der Waals surface area contributed by atoms with Gasteiger partial charge in [-0.25, -0.2) is 0 Å². The number of nitrogens with zero attached hydrogens (tertiary/aromatic N) is 1. The Labute approximate surface area is 188 Å². The van der Waals surface area contributed by atoms with Gasteiger partial charge in [0.15, 0.2) is 0 Å². The van der Waals surface area contributed by atoms with E-state index in [1.807, 2.05) is 30.3 Å². The molecule has 2 aromatic rings. The van der Waals surface area contributed by atoms with Crippen molar-refractivity contribution in [2.75, 3.05) is 32.8 Å². The number of ether oxygens (including phenoxy) is 2. The lowest BCUT2D eigenvalue weighted by atomic mass is 9.95. The third-order valence-corrected chi connectivity index (χ3v) is 5.73. The topological polar surface area (TPSA) is 33.7 Å². The Bertz CT molecular complexity index is 772. The molecule has 1 saturated heterocycles. The van der Waals surface area contributed by atoms with E-state index in [1.54, 1.807) is 0 Å². The van der Waals surface area contributed by atoms with Crippen molar-refractivity contribution in [2.45, 2.75) is 18.8 Å². The van der Waals surface area contributed by atoms with E-state index in [4.69, 9.17) is 32.7 Å². The molecule has 0 saturated carbocycles. The molecule has 0 unspecified atom stereocenters. The lowest BCUT2D eigenvalue weighted by molar-refractivity contribution is -0.0617. The van der Waals surface area contributed by atoms with Gasteiger partial charge in [0, 0.05) is 31.7 Å². The molecule has 2 aromatic carbocycles. The second-order valence-electron chi connectivity index (χ2n) is 6.68. The lowest BCUT2D eigenvalue weighted by Gasteiger charge is -2.42. The van der Waals surface area contributed by atoms with Crippen LogP contribution in [0.3, 0.4) is 0 Å². The van der Waals surface area contributed by atoms with Crippen LogP contribution in [0.5, 0.6) is 5.75 Å². The van der Waals surface area contributed by atoms with Crippen molar-refractivity contribution in [1.82, 2.24) is 10.2 Å². The summed E-state index contributed by atoms with van der Waals surface area (Å²) in [5, 5.41) is 4.53. The molecule has 2 heterocycles. The van der Waals surface area contributed by atoms with Crippen LogP contribution in [0.25, 0.3) is 0 Å². The summed E-state index contributed by atoms with van der Waals surface area (Å²) in [6, 6.07) is 14.1. The van der Waals surface area contributed by atoms with Crippen molar-refractivity contribution in [2.24, 2.45) is 0 Å². The summed E-state index contributed by atoms with van der Waals surface area (Å²) < 4.78 is 12.3. The van der Waals surface area contributed by atoms with Crippen LogP contribution in [0.1, 0.15) is 17.2 Å². The Balaban J connectivity index is 0.00000140. The number of hydrogen-bond acceptors (Lipinski definition) is 4. The number of fused-ring (bicyclic) bond motifs is 1. The van der Waals surface area contributed by atoms with Gasteiger partial charge in [0.05, 0.1) is 22.7 Å². The number of halogens is 4. The number of para-hydroxylation sites is 1. The fourth-order valence-electron chi connectivity index (χ4n) is 3.68. The van der Waals surface area contributed by atoms with Crippen LogP contribution < -0.4 is 10.1 Å². The van der Waals surface area contributed by atoms with Gasteiger partial charge in [-0.05, 0) is 23.8 Å². The Kier molecular flexibility index (Phi) is 9.16. The van der Waals surface area contributed by atoms with Crippen LogP contribution in [0.4, 0.5) is 0 Å². The predicted octanol–water partition coefficient (Wildman–Crippen LogP) is 4.76. The third kappa shape index (κ3) is 5.25. The van der Waals surface area contributed by atoms with E-state index in [9.17, 15) is 0 Å². The van der Waals surface area contributed by atoms with Crippen LogP contribution in [0, 0.1) is 0 Å². The van der Waals surface area contributed by atoms with E-state index in [0.717, 1.165) is 37.5 Å². The molecule has 28 heavy (non-hydrogen) atoms. The molecule has 0 amide bonds. The minimum Gasteiger partial charge on any atom is -0.490 e. The van der Waals surface area contributed by atoms with Gasteiger partial charge < -0.3 is 14.8 Å². The van der Waals surface area contributed by atoms with Crippen molar-refractivity contribution in [3.05, 3.63) is 63.6 Å². The zero-order valence-corrected chi connectivity index (χ0v) is 18.4. The molecule has 154 valence electrons. The van der Waals surface area contributed by atoms with E-state index < -0.39 is 0 Å². The first-order valence-corrected chi connectivity index (χ1v) is 9.70. The van der Waals surface area contributed by atoms with Gasteiger partial charge in [-0.3, -0.25) is 4.90 Å². The van der Waals surface area contributed by atoms with Crippen LogP contribution in [0.2, 0.25) is 10.0 Å². The highest BCUT2D eigenvalue weighted by Gasteiger charge is 2.36. The highest BCUT2D eigenvalue weighted by molar-refractivity contribution is 6.42. The maximum absolute atomic E-state index is 6.30. The zero-order valence-electron chi connectivity index (χ0n) is 15.3. The van der Waals surface area contributed by atoms with Crippen LogP contribution in [0.15, 0.2) is 42.5 Å². The molecule has 0 aliphatic carbocycles. The second kappa shape index (κ2) is 10.9. The summed E-state index contributed by atoms with van der Waals surface area (Å²) in [4.78, 5) is 2.50. The van der Waals surface area contributed by atoms with Gasteiger partial charge in [0.2, 0.25) is 0 Å².